The second-order valence-corrected chi connectivity index (χ2v) is 21.6. The van der Waals surface area contributed by atoms with Crippen LogP contribution in [0.15, 0.2) is 146 Å². The molecule has 0 aliphatic heterocycles. The van der Waals surface area contributed by atoms with Crippen molar-refractivity contribution < 1.29 is 4.79 Å². The Labute approximate surface area is 381 Å². The number of carbonyl (C=O) groups is 1. The number of hydrogen-bond donors (Lipinski definition) is 0. The van der Waals surface area contributed by atoms with Crippen molar-refractivity contribution in [3.63, 3.8) is 0 Å². The zero-order valence-electron chi connectivity index (χ0n) is 36.2. The molecule has 4 bridgehead atoms. The Kier molecular flexibility index (Phi) is 5.62. The molecule has 3 nitrogen and oxygen atoms in total. The van der Waals surface area contributed by atoms with Crippen molar-refractivity contribution in [1.29, 1.82) is 5.26 Å². The van der Waals surface area contributed by atoms with Crippen LogP contribution >= 0.6 is 0 Å². The van der Waals surface area contributed by atoms with Gasteiger partial charge >= 0.3 is 0 Å². The lowest BCUT2D eigenvalue weighted by atomic mass is 9.36. The van der Waals surface area contributed by atoms with Crippen molar-refractivity contribution in [3.8, 4) is 28.3 Å². The second-order valence-electron chi connectivity index (χ2n) is 21.6. The normalized spacial score (nSPS) is 26.4. The van der Waals surface area contributed by atoms with Gasteiger partial charge in [0.15, 0.2) is 5.78 Å². The summed E-state index contributed by atoms with van der Waals surface area (Å²) in [4.78, 5) is 15.5. The van der Waals surface area contributed by atoms with Gasteiger partial charge in [0.1, 0.15) is 0 Å². The van der Waals surface area contributed by atoms with Gasteiger partial charge in [-0.15, -0.1) is 0 Å². The van der Waals surface area contributed by atoms with Crippen molar-refractivity contribution in [3.05, 3.63) is 218 Å². The van der Waals surface area contributed by atoms with Crippen molar-refractivity contribution >= 4 is 43.9 Å². The fraction of sp³-hybridized carbons (Fsp3) is 0.206. The standard InChI is InChI=1S/C63H40N2O/c64-30-35-26-52-55(54-34-24-31-21-32(25-34)23-33(22-31)53(35)54)56-58-42(38-13-3-8-18-48(38)62(58)46-16-6-1-11-36(46)37-12-2-7-17-47(37)62)28-44-41-27-43-45(29-51(41)65(52)60(44)56)61(66)59-40-15-5-10-20-50(40)63(59)49-19-9-4-14-39(49)57(43)63/h1-20,26-29,31-34,57,59H,21-25H2. The number of hydrogen-bond acceptors (Lipinski definition) is 2. The van der Waals surface area contributed by atoms with Crippen LogP contribution in [0.1, 0.15) is 133 Å². The summed E-state index contributed by atoms with van der Waals surface area (Å²) < 4.78 is 2.55. The van der Waals surface area contributed by atoms with Crippen LogP contribution in [0.2, 0.25) is 0 Å². The highest BCUT2D eigenvalue weighted by molar-refractivity contribution is 6.29. The average molecular weight is 841 g/mol. The molecule has 19 rings (SSSR count). The molecule has 9 aliphatic rings. The van der Waals surface area contributed by atoms with Crippen LogP contribution in [0.4, 0.5) is 0 Å². The van der Waals surface area contributed by atoms with Crippen molar-refractivity contribution in [2.24, 2.45) is 11.8 Å². The van der Waals surface area contributed by atoms with Crippen LogP contribution in [0.25, 0.3) is 60.3 Å². The van der Waals surface area contributed by atoms with E-state index in [4.69, 9.17) is 0 Å². The minimum atomic E-state index is -0.531. The molecule has 2 saturated carbocycles. The SMILES string of the molecule is N#Cc1cc2c(c3c1C1CC4CC(C1)CC3C4)c1c3c(cc4c5cc6c(cc5n2c41)C(=O)C1c2ccccc2C12c1ccccc1C62)-c1ccccc1C31c2ccccc2-c2ccccc21. The van der Waals surface area contributed by atoms with Gasteiger partial charge in [-0.25, -0.2) is 0 Å². The first kappa shape index (κ1) is 34.1. The summed E-state index contributed by atoms with van der Waals surface area (Å²) in [5.74, 6) is 2.42. The van der Waals surface area contributed by atoms with Crippen LogP contribution in [0, 0.1) is 23.2 Å². The molecule has 0 amide bonds. The van der Waals surface area contributed by atoms with Crippen molar-refractivity contribution in [2.45, 2.75) is 66.6 Å². The summed E-state index contributed by atoms with van der Waals surface area (Å²) in [6.45, 7) is 0. The molecular formula is C63H40N2O. The third kappa shape index (κ3) is 3.34. The lowest BCUT2D eigenvalue weighted by molar-refractivity contribution is 0.0847. The number of rotatable bonds is 0. The first-order valence-corrected chi connectivity index (χ1v) is 24.4. The van der Waals surface area contributed by atoms with Crippen LogP contribution in [0.5, 0.6) is 0 Å². The highest BCUT2D eigenvalue weighted by Gasteiger charge is 2.69. The number of nitriles is 1. The molecule has 5 unspecified atom stereocenters. The fourth-order valence-electron chi connectivity index (χ4n) is 17.6. The van der Waals surface area contributed by atoms with E-state index in [-0.39, 0.29) is 23.0 Å². The van der Waals surface area contributed by atoms with E-state index >= 15 is 4.79 Å². The maximum Gasteiger partial charge on any atom is 0.171 e. The molecule has 9 aliphatic carbocycles. The maximum absolute atomic E-state index is 15.5. The van der Waals surface area contributed by atoms with Crippen LogP contribution < -0.4 is 0 Å². The lowest BCUT2D eigenvalue weighted by Gasteiger charge is -2.64. The maximum atomic E-state index is 15.5. The Morgan fingerprint density at radius 1 is 0.500 bits per heavy atom. The Hall–Kier alpha value is -7.28. The summed E-state index contributed by atoms with van der Waals surface area (Å²) >= 11 is 0. The molecule has 0 radical (unpaired) electrons. The van der Waals surface area contributed by atoms with E-state index in [1.807, 2.05) is 0 Å². The average Bonchev–Trinajstić information content (AvgIpc) is 4.00. The van der Waals surface area contributed by atoms with Crippen LogP contribution in [-0.4, -0.2) is 10.2 Å². The molecule has 2 fully saturated rings. The molecule has 10 aromatic rings. The Morgan fingerprint density at radius 2 is 1.06 bits per heavy atom. The van der Waals surface area contributed by atoms with E-state index < -0.39 is 5.41 Å². The summed E-state index contributed by atoms with van der Waals surface area (Å²) in [5, 5.41) is 16.5. The zero-order chi connectivity index (χ0) is 42.7. The molecule has 2 spiro atoms. The molecule has 2 aromatic heterocycles. The molecule has 5 atom stereocenters. The minimum absolute atomic E-state index is 0.107. The summed E-state index contributed by atoms with van der Waals surface area (Å²) in [7, 11) is 0. The number of fused-ring (bicyclic) bond motifs is 23. The Bertz CT molecular complexity index is 4020. The van der Waals surface area contributed by atoms with Gasteiger partial charge < -0.3 is 4.40 Å². The molecule has 8 aromatic carbocycles. The van der Waals surface area contributed by atoms with Gasteiger partial charge in [-0.05, 0) is 163 Å². The van der Waals surface area contributed by atoms with Crippen LogP contribution in [-0.2, 0) is 10.8 Å². The predicted octanol–water partition coefficient (Wildman–Crippen LogP) is 14.2. The van der Waals surface area contributed by atoms with Gasteiger partial charge in [-0.2, -0.15) is 5.26 Å². The van der Waals surface area contributed by atoms with Crippen molar-refractivity contribution in [1.82, 2.24) is 4.40 Å². The van der Waals surface area contributed by atoms with Gasteiger partial charge in [-0.1, -0.05) is 121 Å². The highest BCUT2D eigenvalue weighted by atomic mass is 16.1. The van der Waals surface area contributed by atoms with Gasteiger partial charge in [-0.3, -0.25) is 4.79 Å². The molecule has 66 heavy (non-hydrogen) atoms. The number of nitrogens with zero attached hydrogens (tertiary/aromatic N) is 2. The van der Waals surface area contributed by atoms with E-state index in [1.165, 1.54) is 143 Å². The van der Waals surface area contributed by atoms with E-state index in [0.717, 1.165) is 22.2 Å². The van der Waals surface area contributed by atoms with E-state index in [0.29, 0.717) is 23.7 Å². The number of carbonyl (C=O) groups excluding carboxylic acids is 1. The van der Waals surface area contributed by atoms with Crippen LogP contribution in [0.3, 0.4) is 0 Å². The van der Waals surface area contributed by atoms with E-state index in [9.17, 15) is 5.26 Å². The predicted molar refractivity (Wildman–Crippen MR) is 260 cm³/mol. The van der Waals surface area contributed by atoms with E-state index in [1.54, 1.807) is 0 Å². The monoisotopic (exact) mass is 840 g/mol. The molecule has 308 valence electrons. The van der Waals surface area contributed by atoms with Gasteiger partial charge in [0.2, 0.25) is 0 Å². The largest absolute Gasteiger partial charge is 0.308 e. The fourth-order valence-corrected chi connectivity index (χ4v) is 17.6. The second kappa shape index (κ2) is 10.9. The minimum Gasteiger partial charge on any atom is -0.308 e. The summed E-state index contributed by atoms with van der Waals surface area (Å²) in [6, 6.07) is 57.8. The number of ketones is 1. The molecule has 3 heteroatoms. The summed E-state index contributed by atoms with van der Waals surface area (Å²) in [5.41, 5.74) is 24.3. The van der Waals surface area contributed by atoms with Gasteiger partial charge in [0.25, 0.3) is 0 Å². The Morgan fingerprint density at radius 3 is 1.70 bits per heavy atom. The first-order valence-electron chi connectivity index (χ1n) is 24.4. The highest BCUT2D eigenvalue weighted by Crippen LogP contribution is 2.74. The molecular weight excluding hydrogens is 801 g/mol. The third-order valence-corrected chi connectivity index (χ3v) is 19.3. The quantitative estimate of drug-likeness (QED) is 0.153. The van der Waals surface area contributed by atoms with Gasteiger partial charge in [0.05, 0.1) is 39.5 Å². The lowest BCUT2D eigenvalue weighted by Crippen LogP contribution is -2.61. The third-order valence-electron chi connectivity index (χ3n) is 19.3. The number of benzene rings is 8. The van der Waals surface area contributed by atoms with E-state index in [2.05, 4.69) is 156 Å². The molecule has 0 saturated heterocycles. The number of aromatic nitrogens is 1. The molecule has 2 heterocycles. The van der Waals surface area contributed by atoms with Gasteiger partial charge in [0, 0.05) is 38.4 Å². The number of Topliss-reactive ketones (excluding diaryl/α,β-unsaturated/α-hetero) is 1. The topological polar surface area (TPSA) is 45.3 Å². The first-order chi connectivity index (χ1) is 32.6. The Balaban J connectivity index is 1.06. The van der Waals surface area contributed by atoms with Crippen molar-refractivity contribution in [2.75, 3.05) is 0 Å². The molecule has 0 N–H and O–H groups in total. The zero-order valence-corrected chi connectivity index (χ0v) is 36.2. The summed E-state index contributed by atoms with van der Waals surface area (Å²) in [6.07, 6.45) is 6.16. The smallest absolute Gasteiger partial charge is 0.171 e.